The van der Waals surface area contributed by atoms with Crippen molar-refractivity contribution in [2.24, 2.45) is 5.92 Å². The molecular weight excluding hydrogens is 518 g/mol. The number of aromatic nitrogens is 2. The first-order valence-electron chi connectivity index (χ1n) is 14.5. The predicted molar refractivity (Wildman–Crippen MR) is 164 cm³/mol. The minimum Gasteiger partial charge on any atom is -0.325 e. The molecule has 1 aliphatic carbocycles. The Morgan fingerprint density at radius 1 is 1.02 bits per heavy atom. The zero-order chi connectivity index (χ0) is 28.2. The van der Waals surface area contributed by atoms with Gasteiger partial charge in [0.05, 0.1) is 5.69 Å². The summed E-state index contributed by atoms with van der Waals surface area (Å²) in [6, 6.07) is 20.2. The lowest BCUT2D eigenvalue weighted by atomic mass is 10.0. The molecule has 1 atom stereocenters. The minimum absolute atomic E-state index is 0.162. The van der Waals surface area contributed by atoms with Gasteiger partial charge < -0.3 is 4.57 Å². The molecule has 2 aromatic carbocycles. The number of fused-ring (bicyclic) bond motifs is 1. The van der Waals surface area contributed by atoms with E-state index in [0.717, 1.165) is 90.2 Å². The van der Waals surface area contributed by atoms with Gasteiger partial charge in [0.1, 0.15) is 5.65 Å². The van der Waals surface area contributed by atoms with Crippen LogP contribution in [0.4, 0.5) is 5.69 Å². The van der Waals surface area contributed by atoms with Crippen LogP contribution >= 0.6 is 0 Å². The number of carbonyl (C=O) groups is 1. The normalized spacial score (nSPS) is 14.0. The van der Waals surface area contributed by atoms with E-state index in [1.807, 2.05) is 24.3 Å². The van der Waals surface area contributed by atoms with Crippen molar-refractivity contribution < 1.29 is 13.6 Å². The van der Waals surface area contributed by atoms with Crippen LogP contribution in [-0.4, -0.2) is 24.2 Å². The minimum atomic E-state index is -2.43. The molecule has 6 nitrogen and oxygen atoms in total. The molecule has 0 bridgehead atoms. The third-order valence-electron chi connectivity index (χ3n) is 7.80. The average Bonchev–Trinajstić information content (AvgIpc) is 3.75. The first-order chi connectivity index (χ1) is 19.4. The van der Waals surface area contributed by atoms with Crippen molar-refractivity contribution in [3.8, 4) is 11.1 Å². The van der Waals surface area contributed by atoms with Crippen LogP contribution in [0.15, 0.2) is 60.7 Å². The number of amides is 1. The molecular formula is C33H39N3O3S. The van der Waals surface area contributed by atoms with E-state index in [1.165, 1.54) is 16.6 Å². The van der Waals surface area contributed by atoms with Crippen LogP contribution in [0.2, 0.25) is 0 Å². The Bertz CT molecular complexity index is 1520. The summed E-state index contributed by atoms with van der Waals surface area (Å²) in [5.41, 5.74) is 8.10. The second-order valence-corrected chi connectivity index (χ2v) is 11.8. The topological polar surface area (TPSA) is 75.4 Å². The predicted octanol–water partition coefficient (Wildman–Crippen LogP) is 7.62. The highest BCUT2D eigenvalue weighted by molar-refractivity contribution is 7.81. The molecule has 40 heavy (non-hydrogen) atoms. The molecule has 0 aliphatic heterocycles. The van der Waals surface area contributed by atoms with Crippen molar-refractivity contribution >= 4 is 33.9 Å². The summed E-state index contributed by atoms with van der Waals surface area (Å²) >= 11 is -2.43. The van der Waals surface area contributed by atoms with E-state index in [2.05, 4.69) is 49.6 Å². The number of aryl methyl sites for hydroxylation is 3. The molecule has 1 saturated carbocycles. The summed E-state index contributed by atoms with van der Waals surface area (Å²) in [5.74, 6) is -0.449. The van der Waals surface area contributed by atoms with Gasteiger partial charge in [-0.15, -0.1) is 0 Å². The Kier molecular flexibility index (Phi) is 8.81. The van der Waals surface area contributed by atoms with Crippen molar-refractivity contribution in [3.05, 3.63) is 83.2 Å². The third-order valence-corrected chi connectivity index (χ3v) is 8.49. The second-order valence-electron chi connectivity index (χ2n) is 10.9. The molecule has 0 saturated heterocycles. The fourth-order valence-electron chi connectivity index (χ4n) is 5.37. The van der Waals surface area contributed by atoms with Gasteiger partial charge in [0.15, 0.2) is 0 Å². The Morgan fingerprint density at radius 3 is 2.40 bits per heavy atom. The molecule has 1 unspecified atom stereocenters. The lowest BCUT2D eigenvalue weighted by Crippen LogP contribution is -2.34. The van der Waals surface area contributed by atoms with Crippen LogP contribution in [0, 0.1) is 12.8 Å². The highest BCUT2D eigenvalue weighted by Gasteiger charge is 2.37. The van der Waals surface area contributed by atoms with E-state index in [0.29, 0.717) is 5.69 Å². The van der Waals surface area contributed by atoms with E-state index in [9.17, 15) is 13.6 Å². The zero-order valence-corrected chi connectivity index (χ0v) is 24.5. The summed E-state index contributed by atoms with van der Waals surface area (Å²) in [7, 11) is 0. The number of hydrogen-bond acceptors (Lipinski definition) is 3. The lowest BCUT2D eigenvalue weighted by molar-refractivity contribution is -0.118. The van der Waals surface area contributed by atoms with Crippen molar-refractivity contribution in [2.45, 2.75) is 78.7 Å². The molecule has 1 fully saturated rings. The number of para-hydroxylation sites is 1. The molecule has 210 valence electrons. The Morgan fingerprint density at radius 2 is 1.73 bits per heavy atom. The van der Waals surface area contributed by atoms with Gasteiger partial charge in [-0.1, -0.05) is 69.2 Å². The van der Waals surface area contributed by atoms with Crippen molar-refractivity contribution in [1.29, 1.82) is 0 Å². The summed E-state index contributed by atoms with van der Waals surface area (Å²) in [4.78, 5) is 18.0. The Hall–Kier alpha value is -3.29. The van der Waals surface area contributed by atoms with Gasteiger partial charge in [-0.2, -0.15) is 0 Å². The van der Waals surface area contributed by atoms with Gasteiger partial charge in [0.25, 0.3) is 11.3 Å². The van der Waals surface area contributed by atoms with E-state index >= 15 is 0 Å². The summed E-state index contributed by atoms with van der Waals surface area (Å²) in [6.07, 6.45) is 8.12. The smallest absolute Gasteiger partial charge is 0.268 e. The third kappa shape index (κ3) is 6.06. The van der Waals surface area contributed by atoms with E-state index < -0.39 is 11.3 Å². The largest absolute Gasteiger partial charge is 0.325 e. The molecule has 1 N–H and O–H groups in total. The second kappa shape index (κ2) is 12.5. The van der Waals surface area contributed by atoms with E-state index in [1.54, 1.807) is 12.1 Å². The van der Waals surface area contributed by atoms with Crippen LogP contribution in [-0.2, 0) is 35.4 Å². The average molecular weight is 558 g/mol. The maximum atomic E-state index is 12.8. The number of nitrogens with zero attached hydrogens (tertiary/aromatic N) is 3. The molecule has 4 aromatic rings. The van der Waals surface area contributed by atoms with Crippen LogP contribution in [0.25, 0.3) is 22.2 Å². The van der Waals surface area contributed by atoms with Gasteiger partial charge in [-0.25, -0.2) is 13.5 Å². The molecule has 0 spiro atoms. The van der Waals surface area contributed by atoms with Crippen LogP contribution < -0.4 is 4.31 Å². The van der Waals surface area contributed by atoms with Gasteiger partial charge in [-0.05, 0) is 80.3 Å². The SMILES string of the molecule is CCCCc1cc(C)c2cc(CCCC)n(Cc3ccc(-c4ccccc4N(C(=O)C4CC4)S(=O)O)cc3)c2n1. The van der Waals surface area contributed by atoms with Crippen LogP contribution in [0.3, 0.4) is 0 Å². The molecule has 2 aromatic heterocycles. The number of hydrogen-bond donors (Lipinski definition) is 1. The Labute approximate surface area is 239 Å². The molecule has 1 aliphatic rings. The first-order valence-corrected chi connectivity index (χ1v) is 15.6. The van der Waals surface area contributed by atoms with Crippen molar-refractivity contribution in [1.82, 2.24) is 9.55 Å². The number of benzene rings is 2. The fourth-order valence-corrected chi connectivity index (χ4v) is 6.00. The molecule has 0 radical (unpaired) electrons. The monoisotopic (exact) mass is 557 g/mol. The molecule has 7 heteroatoms. The van der Waals surface area contributed by atoms with Crippen molar-refractivity contribution in [3.63, 3.8) is 0 Å². The van der Waals surface area contributed by atoms with Crippen LogP contribution in [0.5, 0.6) is 0 Å². The summed E-state index contributed by atoms with van der Waals surface area (Å²) in [5, 5.41) is 1.23. The molecule has 1 amide bonds. The maximum Gasteiger partial charge on any atom is 0.268 e. The van der Waals surface area contributed by atoms with Crippen LogP contribution in [0.1, 0.15) is 74.9 Å². The highest BCUT2D eigenvalue weighted by atomic mass is 32.2. The number of pyridine rings is 1. The number of anilines is 1. The Balaban J connectivity index is 1.48. The lowest BCUT2D eigenvalue weighted by Gasteiger charge is -2.21. The number of unbranched alkanes of at least 4 members (excludes halogenated alkanes) is 2. The van der Waals surface area contributed by atoms with E-state index in [-0.39, 0.29) is 11.8 Å². The highest BCUT2D eigenvalue weighted by Crippen LogP contribution is 2.37. The van der Waals surface area contributed by atoms with Gasteiger partial charge in [0.2, 0.25) is 5.91 Å². The molecule has 5 rings (SSSR count). The number of rotatable bonds is 12. The van der Waals surface area contributed by atoms with Gasteiger partial charge in [-0.3, -0.25) is 9.35 Å². The van der Waals surface area contributed by atoms with Gasteiger partial charge >= 0.3 is 0 Å². The fraction of sp³-hybridized carbons (Fsp3) is 0.394. The van der Waals surface area contributed by atoms with Gasteiger partial charge in [0, 0.05) is 34.8 Å². The molecule has 2 heterocycles. The summed E-state index contributed by atoms with van der Waals surface area (Å²) < 4.78 is 25.6. The van der Waals surface area contributed by atoms with Crippen molar-refractivity contribution in [2.75, 3.05) is 4.31 Å². The standard InChI is InChI=1S/C33H39N3O3S/c1-4-6-10-27-20-23(3)30-21-28(11-7-5-2)35(32(30)34-27)22-24-14-16-25(17-15-24)29-12-8-9-13-31(29)36(40(38)39)33(37)26-18-19-26/h8-9,12-17,20-21,26H,4-7,10-11,18-19,22H2,1-3H3,(H,38,39). The maximum absolute atomic E-state index is 12.8. The van der Waals surface area contributed by atoms with E-state index in [4.69, 9.17) is 4.98 Å². The first kappa shape index (κ1) is 28.2. The quantitative estimate of drug-likeness (QED) is 0.182. The summed E-state index contributed by atoms with van der Waals surface area (Å²) in [6.45, 7) is 7.35. The number of carbonyl (C=O) groups excluding carboxylic acids is 1. The zero-order valence-electron chi connectivity index (χ0n) is 23.7.